The molecule has 2 heteroatoms. The van der Waals surface area contributed by atoms with Crippen molar-refractivity contribution in [2.45, 2.75) is 0 Å². The molecule has 0 aliphatic rings. The van der Waals surface area contributed by atoms with Crippen LogP contribution >= 0.6 is 0 Å². The van der Waals surface area contributed by atoms with Gasteiger partial charge < -0.3 is 0 Å². The van der Waals surface area contributed by atoms with Gasteiger partial charge in [0.2, 0.25) is 0 Å². The molecule has 0 atom stereocenters. The van der Waals surface area contributed by atoms with Gasteiger partial charge in [0.1, 0.15) is 0 Å². The Morgan fingerprint density at radius 2 is 2.40 bits per heavy atom. The Hall–Kier alpha value is -0.370. The molecule has 0 aromatic rings. The van der Waals surface area contributed by atoms with E-state index in [1.54, 1.807) is 0 Å². The van der Waals surface area contributed by atoms with Crippen molar-refractivity contribution in [1.29, 1.82) is 0 Å². The van der Waals surface area contributed by atoms with Crippen molar-refractivity contribution in [3.05, 3.63) is 12.7 Å². The number of allylic oxidation sites excluding steroid dienone is 1. The maximum absolute atomic E-state index is 9.32. The van der Waals surface area contributed by atoms with E-state index in [0.717, 1.165) is 0 Å². The van der Waals surface area contributed by atoms with Gasteiger partial charge in [0, 0.05) is 5.37 Å². The third-order valence-corrected chi connectivity index (χ3v) is 0.455. The molecule has 0 rings (SSSR count). The van der Waals surface area contributed by atoms with Crippen molar-refractivity contribution in [3.63, 3.8) is 0 Å². The first-order valence-electron chi connectivity index (χ1n) is 1.14. The molecule has 0 radical (unpaired) electrons. The summed E-state index contributed by atoms with van der Waals surface area (Å²) >= 11 is 0.409. The Bertz CT molecular complexity index is 71.0. The second-order valence-electron chi connectivity index (χ2n) is 0.468. The van der Waals surface area contributed by atoms with Gasteiger partial charge in [-0.2, -0.15) is 0 Å². The highest BCUT2D eigenvalue weighted by molar-refractivity contribution is 7.65. The molecule has 0 saturated heterocycles. The van der Waals surface area contributed by atoms with Gasteiger partial charge in [-0.25, -0.2) is 4.21 Å². The Morgan fingerprint density at radius 1 is 1.80 bits per heavy atom. The average Bonchev–Trinajstić information content (AvgIpc) is 1.41. The summed E-state index contributed by atoms with van der Waals surface area (Å²) in [5.41, 5.74) is 0. The largest absolute Gasteiger partial charge is 0.212 e. The molecule has 28 valence electrons. The molecule has 0 heterocycles. The van der Waals surface area contributed by atoms with Gasteiger partial charge in [-0.15, -0.1) is 0 Å². The van der Waals surface area contributed by atoms with Crippen LogP contribution in [0.15, 0.2) is 12.7 Å². The summed E-state index contributed by atoms with van der Waals surface area (Å²) < 4.78 is 9.32. The second-order valence-corrected chi connectivity index (χ2v) is 0.933. The average molecular weight is 88.1 g/mol. The van der Waals surface area contributed by atoms with Crippen LogP contribution in [0.5, 0.6) is 0 Å². The Balaban J connectivity index is 3.31. The fraction of sp³-hybridized carbons (Fsp3) is 0. The summed E-state index contributed by atoms with van der Waals surface area (Å²) in [6, 6.07) is 0. The lowest BCUT2D eigenvalue weighted by molar-refractivity contribution is 0.701. The fourth-order valence-electron chi connectivity index (χ4n) is 0.0393. The highest BCUT2D eigenvalue weighted by Crippen LogP contribution is 1.39. The minimum Gasteiger partial charge on any atom is -0.212 e. The van der Waals surface area contributed by atoms with E-state index in [2.05, 4.69) is 6.58 Å². The molecular formula is C3H4OS. The van der Waals surface area contributed by atoms with E-state index in [4.69, 9.17) is 0 Å². The van der Waals surface area contributed by atoms with Crippen molar-refractivity contribution in [1.82, 2.24) is 0 Å². The minimum atomic E-state index is 0.409. The molecule has 0 N–H and O–H groups in total. The normalized spacial score (nSPS) is 5.60. The zero-order valence-corrected chi connectivity index (χ0v) is 3.49. The van der Waals surface area contributed by atoms with Crippen molar-refractivity contribution in [2.24, 2.45) is 0 Å². The molecule has 0 bridgehead atoms. The quantitative estimate of drug-likeness (QED) is 0.330. The van der Waals surface area contributed by atoms with Gasteiger partial charge in [0.15, 0.2) is 0 Å². The van der Waals surface area contributed by atoms with Crippen molar-refractivity contribution >= 4 is 16.6 Å². The lowest BCUT2D eigenvalue weighted by Gasteiger charge is -1.43. The standard InChI is InChI=1S/C3H4OS/c1-2-3-5-4/h2-3H,1H2. The van der Waals surface area contributed by atoms with E-state index in [0.29, 0.717) is 11.3 Å². The van der Waals surface area contributed by atoms with Crippen molar-refractivity contribution in [3.8, 4) is 0 Å². The molecule has 0 aliphatic heterocycles. The van der Waals surface area contributed by atoms with Gasteiger partial charge in [0.25, 0.3) is 0 Å². The predicted molar refractivity (Wildman–Crippen MR) is 24.4 cm³/mol. The first-order chi connectivity index (χ1) is 2.41. The summed E-state index contributed by atoms with van der Waals surface area (Å²) in [6.45, 7) is 3.27. The van der Waals surface area contributed by atoms with Crippen LogP contribution in [-0.4, -0.2) is 9.58 Å². The summed E-state index contributed by atoms with van der Waals surface area (Å²) in [4.78, 5) is 0. The summed E-state index contributed by atoms with van der Waals surface area (Å²) in [5.74, 6) is 0. The Labute approximate surface area is 34.4 Å². The lowest BCUT2D eigenvalue weighted by atomic mass is 10.8. The third-order valence-electron chi connectivity index (χ3n) is 0.152. The maximum atomic E-state index is 9.32. The minimum absolute atomic E-state index is 0.409. The van der Waals surface area contributed by atoms with E-state index < -0.39 is 0 Å². The third kappa shape index (κ3) is 3.63. The van der Waals surface area contributed by atoms with Crippen LogP contribution in [0.4, 0.5) is 0 Å². The molecule has 0 aromatic carbocycles. The van der Waals surface area contributed by atoms with Gasteiger partial charge in [-0.05, 0) is 0 Å². The SMILES string of the molecule is C=CC=S=O. The van der Waals surface area contributed by atoms with Crippen LogP contribution in [0, 0.1) is 0 Å². The zero-order valence-electron chi connectivity index (χ0n) is 2.68. The number of hydrogen-bond acceptors (Lipinski definition) is 1. The predicted octanol–water partition coefficient (Wildman–Crippen LogP) is 0.188. The molecule has 5 heavy (non-hydrogen) atoms. The Kier molecular flexibility index (Phi) is 3.36. The molecule has 0 fully saturated rings. The van der Waals surface area contributed by atoms with Crippen LogP contribution in [0.3, 0.4) is 0 Å². The van der Waals surface area contributed by atoms with Gasteiger partial charge in [-0.3, -0.25) is 0 Å². The van der Waals surface area contributed by atoms with E-state index in [1.165, 1.54) is 11.4 Å². The topological polar surface area (TPSA) is 17.1 Å². The summed E-state index contributed by atoms with van der Waals surface area (Å²) in [7, 11) is 0. The van der Waals surface area contributed by atoms with Gasteiger partial charge >= 0.3 is 0 Å². The highest BCUT2D eigenvalue weighted by atomic mass is 32.1. The summed E-state index contributed by atoms with van der Waals surface area (Å²) in [6.07, 6.45) is 1.46. The van der Waals surface area contributed by atoms with Crippen LogP contribution in [-0.2, 0) is 11.3 Å². The highest BCUT2D eigenvalue weighted by Gasteiger charge is 1.41. The van der Waals surface area contributed by atoms with Gasteiger partial charge in [0.05, 0.1) is 11.3 Å². The molecule has 0 unspecified atom stereocenters. The fourth-order valence-corrected chi connectivity index (χ4v) is 0.118. The van der Waals surface area contributed by atoms with Crippen molar-refractivity contribution in [2.75, 3.05) is 0 Å². The summed E-state index contributed by atoms with van der Waals surface area (Å²) in [5, 5.41) is 1.38. The van der Waals surface area contributed by atoms with E-state index in [9.17, 15) is 4.21 Å². The first-order valence-corrected chi connectivity index (χ1v) is 1.95. The van der Waals surface area contributed by atoms with Crippen LogP contribution in [0.1, 0.15) is 0 Å². The molecular weight excluding hydrogens is 84.1 g/mol. The molecule has 1 nitrogen and oxygen atoms in total. The van der Waals surface area contributed by atoms with Gasteiger partial charge in [-0.1, -0.05) is 12.7 Å². The van der Waals surface area contributed by atoms with E-state index >= 15 is 0 Å². The molecule has 0 saturated carbocycles. The monoisotopic (exact) mass is 88.0 g/mol. The second kappa shape index (κ2) is 3.63. The van der Waals surface area contributed by atoms with Crippen LogP contribution in [0.25, 0.3) is 0 Å². The maximum Gasteiger partial charge on any atom is 0.0885 e. The lowest BCUT2D eigenvalue weighted by Crippen LogP contribution is -1.49. The van der Waals surface area contributed by atoms with E-state index in [-0.39, 0.29) is 0 Å². The van der Waals surface area contributed by atoms with Crippen LogP contribution in [0.2, 0.25) is 0 Å². The first kappa shape index (κ1) is 4.63. The zero-order chi connectivity index (χ0) is 4.12. The molecule has 0 aliphatic carbocycles. The van der Waals surface area contributed by atoms with Crippen molar-refractivity contribution < 1.29 is 4.21 Å². The molecule has 0 aromatic heterocycles. The smallest absolute Gasteiger partial charge is 0.0885 e. The number of rotatable bonds is 1. The van der Waals surface area contributed by atoms with E-state index in [1.807, 2.05) is 0 Å². The molecule has 0 spiro atoms. The number of hydrogen-bond donors (Lipinski definition) is 0. The Morgan fingerprint density at radius 3 is 2.40 bits per heavy atom. The van der Waals surface area contributed by atoms with Crippen LogP contribution < -0.4 is 0 Å². The molecule has 0 amide bonds.